The number of furan rings is 1. The van der Waals surface area contributed by atoms with Crippen molar-refractivity contribution in [3.8, 4) is 0 Å². The van der Waals surface area contributed by atoms with Crippen LogP contribution in [0.4, 0.5) is 10.1 Å². The molecule has 0 bridgehead atoms. The molecule has 1 heterocycles. The zero-order chi connectivity index (χ0) is 20.4. The molecule has 28 heavy (non-hydrogen) atoms. The fourth-order valence-corrected chi connectivity index (χ4v) is 3.12. The van der Waals surface area contributed by atoms with E-state index in [1.165, 1.54) is 12.1 Å². The summed E-state index contributed by atoms with van der Waals surface area (Å²) in [6.45, 7) is 7.15. The molecular weight excluding hydrogens is 361 g/mol. The number of carbonyl (C=O) groups excluding carboxylic acids is 2. The Balaban J connectivity index is 1.72. The monoisotopic (exact) mass is 383 g/mol. The number of halogens is 1. The number of para-hydroxylation sites is 2. The third-order valence-corrected chi connectivity index (χ3v) is 4.63. The number of benzene rings is 2. The summed E-state index contributed by atoms with van der Waals surface area (Å²) in [6, 6.07) is 10.2. The van der Waals surface area contributed by atoms with Crippen LogP contribution < -0.4 is 5.32 Å². The molecule has 0 atom stereocenters. The third kappa shape index (κ3) is 3.76. The van der Waals surface area contributed by atoms with Crippen molar-refractivity contribution < 1.29 is 23.1 Å². The first-order valence-corrected chi connectivity index (χ1v) is 9.03. The number of fused-ring (bicyclic) bond motifs is 1. The number of nitrogens with one attached hydrogen (secondary N) is 1. The predicted molar refractivity (Wildman–Crippen MR) is 105 cm³/mol. The SMILES string of the molecule is Cc1cccc(C(C)C)c1NC(=O)COC(=O)c1oc2c(F)cccc2c1C. The highest BCUT2D eigenvalue weighted by Gasteiger charge is 2.22. The van der Waals surface area contributed by atoms with E-state index >= 15 is 0 Å². The summed E-state index contributed by atoms with van der Waals surface area (Å²) in [5, 5.41) is 3.31. The van der Waals surface area contributed by atoms with Crippen LogP contribution in [0.1, 0.15) is 47.0 Å². The molecule has 3 rings (SSSR count). The Morgan fingerprint density at radius 2 is 1.86 bits per heavy atom. The molecule has 1 N–H and O–H groups in total. The molecule has 0 saturated heterocycles. The first-order valence-electron chi connectivity index (χ1n) is 9.03. The molecule has 0 saturated carbocycles. The summed E-state index contributed by atoms with van der Waals surface area (Å²) < 4.78 is 24.2. The second-order valence-corrected chi connectivity index (χ2v) is 6.99. The molecule has 1 amide bonds. The minimum Gasteiger partial charge on any atom is -0.450 e. The number of amides is 1. The minimum atomic E-state index is -0.808. The molecular formula is C22H22FNO4. The van der Waals surface area contributed by atoms with E-state index in [9.17, 15) is 14.0 Å². The molecule has 1 aromatic heterocycles. The van der Waals surface area contributed by atoms with Gasteiger partial charge in [0, 0.05) is 16.6 Å². The van der Waals surface area contributed by atoms with Gasteiger partial charge in [-0.1, -0.05) is 44.2 Å². The Bertz CT molecular complexity index is 1050. The average Bonchev–Trinajstić information content (AvgIpc) is 2.99. The number of ether oxygens (including phenoxy) is 1. The van der Waals surface area contributed by atoms with E-state index in [-0.39, 0.29) is 17.3 Å². The lowest BCUT2D eigenvalue weighted by Crippen LogP contribution is -2.22. The topological polar surface area (TPSA) is 68.5 Å². The molecule has 0 spiro atoms. The second-order valence-electron chi connectivity index (χ2n) is 6.99. The molecule has 0 fully saturated rings. The molecule has 0 aliphatic heterocycles. The molecule has 0 unspecified atom stereocenters. The zero-order valence-corrected chi connectivity index (χ0v) is 16.3. The number of anilines is 1. The van der Waals surface area contributed by atoms with Crippen LogP contribution in [0.2, 0.25) is 0 Å². The van der Waals surface area contributed by atoms with Crippen LogP contribution in [-0.2, 0) is 9.53 Å². The summed E-state index contributed by atoms with van der Waals surface area (Å²) >= 11 is 0. The number of hydrogen-bond acceptors (Lipinski definition) is 4. The van der Waals surface area contributed by atoms with Crippen LogP contribution >= 0.6 is 0 Å². The summed E-state index contributed by atoms with van der Waals surface area (Å²) in [6.07, 6.45) is 0. The van der Waals surface area contributed by atoms with Gasteiger partial charge in [0.1, 0.15) is 0 Å². The maximum absolute atomic E-state index is 13.8. The van der Waals surface area contributed by atoms with Gasteiger partial charge in [-0.25, -0.2) is 9.18 Å². The van der Waals surface area contributed by atoms with E-state index in [2.05, 4.69) is 5.32 Å². The fraction of sp³-hybridized carbons (Fsp3) is 0.273. The second kappa shape index (κ2) is 7.84. The van der Waals surface area contributed by atoms with Crippen LogP contribution in [0.25, 0.3) is 11.0 Å². The highest BCUT2D eigenvalue weighted by molar-refractivity contribution is 5.98. The normalized spacial score (nSPS) is 11.1. The molecule has 5 nitrogen and oxygen atoms in total. The van der Waals surface area contributed by atoms with Gasteiger partial charge in [0.15, 0.2) is 18.0 Å². The Hall–Kier alpha value is -3.15. The van der Waals surface area contributed by atoms with Gasteiger partial charge < -0.3 is 14.5 Å². The van der Waals surface area contributed by atoms with Crippen molar-refractivity contribution >= 4 is 28.5 Å². The van der Waals surface area contributed by atoms with Crippen LogP contribution in [0.5, 0.6) is 0 Å². The van der Waals surface area contributed by atoms with Crippen molar-refractivity contribution in [3.05, 3.63) is 64.7 Å². The molecule has 3 aromatic rings. The van der Waals surface area contributed by atoms with E-state index in [0.717, 1.165) is 16.8 Å². The van der Waals surface area contributed by atoms with Gasteiger partial charge in [-0.15, -0.1) is 0 Å². The van der Waals surface area contributed by atoms with Crippen molar-refractivity contribution in [3.63, 3.8) is 0 Å². The number of rotatable bonds is 5. The smallest absolute Gasteiger partial charge is 0.375 e. The number of hydrogen-bond donors (Lipinski definition) is 1. The summed E-state index contributed by atoms with van der Waals surface area (Å²) in [4.78, 5) is 24.6. The van der Waals surface area contributed by atoms with E-state index < -0.39 is 24.3 Å². The van der Waals surface area contributed by atoms with Crippen LogP contribution in [-0.4, -0.2) is 18.5 Å². The maximum Gasteiger partial charge on any atom is 0.375 e. The Morgan fingerprint density at radius 3 is 2.54 bits per heavy atom. The number of esters is 1. The molecule has 146 valence electrons. The Kier molecular flexibility index (Phi) is 5.49. The van der Waals surface area contributed by atoms with Crippen molar-refractivity contribution in [2.75, 3.05) is 11.9 Å². The van der Waals surface area contributed by atoms with Gasteiger partial charge in [0.2, 0.25) is 5.76 Å². The van der Waals surface area contributed by atoms with E-state index in [1.807, 2.05) is 39.0 Å². The molecule has 6 heteroatoms. The lowest BCUT2D eigenvalue weighted by atomic mass is 9.98. The van der Waals surface area contributed by atoms with Gasteiger partial charge >= 0.3 is 5.97 Å². The lowest BCUT2D eigenvalue weighted by Gasteiger charge is -2.16. The van der Waals surface area contributed by atoms with Crippen LogP contribution in [0, 0.1) is 19.7 Å². The van der Waals surface area contributed by atoms with Gasteiger partial charge in [0.05, 0.1) is 0 Å². The van der Waals surface area contributed by atoms with E-state index in [1.54, 1.807) is 13.0 Å². The molecule has 2 aromatic carbocycles. The zero-order valence-electron chi connectivity index (χ0n) is 16.3. The lowest BCUT2D eigenvalue weighted by molar-refractivity contribution is -0.119. The fourth-order valence-electron chi connectivity index (χ4n) is 3.12. The summed E-state index contributed by atoms with van der Waals surface area (Å²) in [5.74, 6) is -1.70. The summed E-state index contributed by atoms with van der Waals surface area (Å²) in [7, 11) is 0. The van der Waals surface area contributed by atoms with Gasteiger partial charge in [-0.2, -0.15) is 0 Å². The first-order chi connectivity index (χ1) is 13.3. The van der Waals surface area contributed by atoms with E-state index in [0.29, 0.717) is 10.9 Å². The summed E-state index contributed by atoms with van der Waals surface area (Å²) in [5.41, 5.74) is 3.12. The highest BCUT2D eigenvalue weighted by atomic mass is 19.1. The number of carbonyl (C=O) groups is 2. The minimum absolute atomic E-state index is 0.00196. The Labute approximate surface area is 162 Å². The average molecular weight is 383 g/mol. The highest BCUT2D eigenvalue weighted by Crippen LogP contribution is 2.28. The number of aryl methyl sites for hydroxylation is 2. The van der Waals surface area contributed by atoms with Crippen molar-refractivity contribution in [1.82, 2.24) is 0 Å². The van der Waals surface area contributed by atoms with Gasteiger partial charge in [0.25, 0.3) is 5.91 Å². The Morgan fingerprint density at radius 1 is 1.14 bits per heavy atom. The predicted octanol–water partition coefficient (Wildman–Crippen LogP) is 5.11. The standard InChI is InChI=1S/C22H22FNO4/c1-12(2)15-8-5-7-13(3)19(15)24-18(25)11-27-22(26)20-14(4)16-9-6-10-17(23)21(16)28-20/h5-10,12H,11H2,1-4H3,(H,24,25). The van der Waals surface area contributed by atoms with Crippen molar-refractivity contribution in [2.24, 2.45) is 0 Å². The maximum atomic E-state index is 13.8. The third-order valence-electron chi connectivity index (χ3n) is 4.63. The molecule has 0 radical (unpaired) electrons. The van der Waals surface area contributed by atoms with Crippen molar-refractivity contribution in [1.29, 1.82) is 0 Å². The van der Waals surface area contributed by atoms with Gasteiger partial charge in [-0.05, 0) is 37.0 Å². The quantitative estimate of drug-likeness (QED) is 0.622. The van der Waals surface area contributed by atoms with Crippen LogP contribution in [0.3, 0.4) is 0 Å². The van der Waals surface area contributed by atoms with Crippen LogP contribution in [0.15, 0.2) is 40.8 Å². The largest absolute Gasteiger partial charge is 0.450 e. The first kappa shape index (κ1) is 19.6. The van der Waals surface area contributed by atoms with Crippen molar-refractivity contribution in [2.45, 2.75) is 33.6 Å². The van der Waals surface area contributed by atoms with Gasteiger partial charge in [-0.3, -0.25) is 4.79 Å². The van der Waals surface area contributed by atoms with E-state index in [4.69, 9.17) is 9.15 Å². The molecule has 0 aliphatic rings. The molecule has 0 aliphatic carbocycles.